The molecule has 1 unspecified atom stereocenters. The molecular weight excluding hydrogens is 763 g/mol. The van der Waals surface area contributed by atoms with Crippen LogP contribution in [0, 0.1) is 5.92 Å². The normalized spacial score (nSPS) is 23.0. The molecule has 6 atom stereocenters. The van der Waals surface area contributed by atoms with E-state index >= 15 is 0 Å². The van der Waals surface area contributed by atoms with Crippen LogP contribution in [0.4, 0.5) is 0 Å². The molecule has 1 aromatic heterocycles. The van der Waals surface area contributed by atoms with Gasteiger partial charge in [0.05, 0.1) is 130 Å². The van der Waals surface area contributed by atoms with Crippen molar-refractivity contribution < 1.29 is 77.0 Å². The Morgan fingerprint density at radius 1 is 0.768 bits per heavy atom. The highest BCUT2D eigenvalue weighted by Crippen LogP contribution is 2.38. The molecule has 1 aliphatic carbocycles. The number of hydrogen-bond donors (Lipinski definition) is 6. The second-order valence-corrected chi connectivity index (χ2v) is 15.7. The third-order valence-corrected chi connectivity index (χ3v) is 10.5. The molecule has 328 valence electrons. The van der Waals surface area contributed by atoms with Gasteiger partial charge in [-0.25, -0.2) is 4.68 Å². The van der Waals surface area contributed by atoms with Crippen molar-refractivity contribution in [2.45, 2.75) is 88.2 Å². The van der Waals surface area contributed by atoms with Gasteiger partial charge in [-0.05, 0) is 38.0 Å². The Kier molecular flexibility index (Phi) is 24.8. The number of rotatable bonds is 35. The molecule has 0 bridgehead atoms. The molecule has 1 saturated carbocycles. The SMILES string of the molecule is CC(CCOCCOCCOCCOCCOCCOCCOCCOCCn1cc(CCO[C@H]2O[C@H](CCP(=O)(O)O)[C@@H](O)[C@H](O)[C@@H]2O)nn1)C1(N)CCC1. The lowest BCUT2D eigenvalue weighted by atomic mass is 9.68. The fourth-order valence-electron chi connectivity index (χ4n) is 5.86. The molecule has 20 nitrogen and oxygen atoms in total. The second kappa shape index (κ2) is 28.2. The smallest absolute Gasteiger partial charge is 0.325 e. The van der Waals surface area contributed by atoms with Crippen molar-refractivity contribution in [3.8, 4) is 0 Å². The van der Waals surface area contributed by atoms with Crippen molar-refractivity contribution in [3.05, 3.63) is 11.9 Å². The Morgan fingerprint density at radius 2 is 1.25 bits per heavy atom. The molecule has 1 aromatic rings. The molecule has 56 heavy (non-hydrogen) atoms. The van der Waals surface area contributed by atoms with E-state index in [2.05, 4.69) is 17.2 Å². The zero-order valence-electron chi connectivity index (χ0n) is 32.8. The quantitative estimate of drug-likeness (QED) is 0.0363. The molecule has 0 spiro atoms. The van der Waals surface area contributed by atoms with Crippen molar-refractivity contribution in [3.63, 3.8) is 0 Å². The van der Waals surface area contributed by atoms with Crippen LogP contribution in [0.5, 0.6) is 0 Å². The van der Waals surface area contributed by atoms with Gasteiger partial charge in [0.2, 0.25) is 0 Å². The van der Waals surface area contributed by atoms with Gasteiger partial charge in [-0.3, -0.25) is 4.57 Å². The maximum atomic E-state index is 11.2. The average molecular weight is 831 g/mol. The van der Waals surface area contributed by atoms with Crippen molar-refractivity contribution in [2.24, 2.45) is 11.7 Å². The minimum absolute atomic E-state index is 0.0295. The van der Waals surface area contributed by atoms with Gasteiger partial charge in [0.1, 0.15) is 18.3 Å². The van der Waals surface area contributed by atoms with Crippen LogP contribution in [0.3, 0.4) is 0 Å². The molecular formula is C35H67N4O16P. The molecule has 0 radical (unpaired) electrons. The summed E-state index contributed by atoms with van der Waals surface area (Å²) in [5.74, 6) is 0.495. The predicted octanol–water partition coefficient (Wildman–Crippen LogP) is -0.747. The van der Waals surface area contributed by atoms with Crippen molar-refractivity contribution >= 4 is 7.60 Å². The Bertz CT molecular complexity index is 1180. The molecule has 1 saturated heterocycles. The minimum Gasteiger partial charge on any atom is -0.388 e. The summed E-state index contributed by atoms with van der Waals surface area (Å²) >= 11 is 0. The first-order chi connectivity index (χ1) is 27.0. The Hall–Kier alpha value is -1.27. The third-order valence-electron chi connectivity index (χ3n) is 9.63. The van der Waals surface area contributed by atoms with Crippen LogP contribution in [0.2, 0.25) is 0 Å². The fraction of sp³-hybridized carbons (Fsp3) is 0.943. The average Bonchev–Trinajstić information content (AvgIpc) is 3.61. The number of aromatic nitrogens is 3. The Labute approximate surface area is 329 Å². The van der Waals surface area contributed by atoms with Gasteiger partial charge < -0.3 is 78.2 Å². The summed E-state index contributed by atoms with van der Waals surface area (Å²) in [6, 6.07) is 0. The van der Waals surface area contributed by atoms with Crippen LogP contribution >= 0.6 is 7.60 Å². The minimum atomic E-state index is -4.33. The lowest BCUT2D eigenvalue weighted by Gasteiger charge is -2.43. The highest BCUT2D eigenvalue weighted by atomic mass is 31.2. The number of aliphatic hydroxyl groups is 3. The zero-order chi connectivity index (χ0) is 40.5. The largest absolute Gasteiger partial charge is 0.388 e. The third kappa shape index (κ3) is 20.6. The van der Waals surface area contributed by atoms with Crippen LogP contribution in [0.25, 0.3) is 0 Å². The molecule has 7 N–H and O–H groups in total. The summed E-state index contributed by atoms with van der Waals surface area (Å²) in [5, 5.41) is 38.5. The van der Waals surface area contributed by atoms with Crippen molar-refractivity contribution in [2.75, 3.05) is 118 Å². The maximum absolute atomic E-state index is 11.2. The number of aliphatic hydroxyl groups excluding tert-OH is 3. The Balaban J connectivity index is 1.01. The number of hydrogen-bond acceptors (Lipinski definition) is 17. The van der Waals surface area contributed by atoms with E-state index in [1.807, 2.05) is 0 Å². The first-order valence-electron chi connectivity index (χ1n) is 19.6. The molecule has 1 aliphatic heterocycles. The van der Waals surface area contributed by atoms with E-state index in [-0.39, 0.29) is 18.6 Å². The number of nitrogens with zero attached hydrogens (tertiary/aromatic N) is 3. The van der Waals surface area contributed by atoms with E-state index in [0.717, 1.165) is 25.9 Å². The number of ether oxygens (including phenoxy) is 10. The first-order valence-corrected chi connectivity index (χ1v) is 21.4. The topological polar surface area (TPSA) is 267 Å². The molecule has 2 fully saturated rings. The molecule has 21 heteroatoms. The molecule has 0 aromatic carbocycles. The molecule has 0 amide bonds. The summed E-state index contributed by atoms with van der Waals surface area (Å²) in [4.78, 5) is 18.2. The van der Waals surface area contributed by atoms with E-state index in [4.69, 9.17) is 62.9 Å². The van der Waals surface area contributed by atoms with Crippen LogP contribution in [0.15, 0.2) is 6.20 Å². The van der Waals surface area contributed by atoms with E-state index in [1.54, 1.807) is 10.9 Å². The first kappa shape index (κ1) is 49.1. The van der Waals surface area contributed by atoms with Crippen LogP contribution in [0.1, 0.15) is 44.7 Å². The predicted molar refractivity (Wildman–Crippen MR) is 199 cm³/mol. The summed E-state index contributed by atoms with van der Waals surface area (Å²) in [6.45, 7) is 10.6. The van der Waals surface area contributed by atoms with Gasteiger partial charge >= 0.3 is 7.60 Å². The van der Waals surface area contributed by atoms with Crippen LogP contribution in [-0.2, 0) is 64.9 Å². The highest BCUT2D eigenvalue weighted by Gasteiger charge is 2.44. The summed E-state index contributed by atoms with van der Waals surface area (Å²) in [5.41, 5.74) is 6.98. The van der Waals surface area contributed by atoms with E-state index < -0.39 is 44.5 Å². The molecule has 3 rings (SSSR count). The monoisotopic (exact) mass is 830 g/mol. The highest BCUT2D eigenvalue weighted by molar-refractivity contribution is 7.51. The van der Waals surface area contributed by atoms with Gasteiger partial charge in [-0.2, -0.15) is 0 Å². The van der Waals surface area contributed by atoms with E-state index in [1.165, 1.54) is 6.42 Å². The summed E-state index contributed by atoms with van der Waals surface area (Å²) in [7, 11) is -4.33. The summed E-state index contributed by atoms with van der Waals surface area (Å²) < 4.78 is 68.1. The lowest BCUT2D eigenvalue weighted by molar-refractivity contribution is -0.296. The van der Waals surface area contributed by atoms with E-state index in [9.17, 15) is 19.9 Å². The fourth-order valence-corrected chi connectivity index (χ4v) is 6.45. The molecule has 2 aliphatic rings. The van der Waals surface area contributed by atoms with Gasteiger partial charge in [0.25, 0.3) is 0 Å². The van der Waals surface area contributed by atoms with Gasteiger partial charge in [0, 0.05) is 24.8 Å². The van der Waals surface area contributed by atoms with Crippen LogP contribution < -0.4 is 5.73 Å². The van der Waals surface area contributed by atoms with Gasteiger partial charge in [0.15, 0.2) is 6.29 Å². The lowest BCUT2D eigenvalue weighted by Crippen LogP contribution is -2.58. The Morgan fingerprint density at radius 3 is 1.71 bits per heavy atom. The van der Waals surface area contributed by atoms with Gasteiger partial charge in [-0.1, -0.05) is 12.1 Å². The van der Waals surface area contributed by atoms with E-state index in [0.29, 0.717) is 124 Å². The molecule has 2 heterocycles. The zero-order valence-corrected chi connectivity index (χ0v) is 33.7. The van der Waals surface area contributed by atoms with Crippen molar-refractivity contribution in [1.82, 2.24) is 15.0 Å². The van der Waals surface area contributed by atoms with Crippen molar-refractivity contribution in [1.29, 1.82) is 0 Å². The maximum Gasteiger partial charge on any atom is 0.325 e. The standard InChI is InChI=1S/C35H67N4O16P/c1-28(35(36)6-2-7-35)3-9-46-12-14-48-16-18-50-20-22-52-24-25-53-23-21-51-19-17-49-15-13-47-11-8-39-27-29(37-38-39)4-10-54-34-33(42)32(41)31(40)30(55-34)5-26-56(43,44)45/h27-28,30-34,40-42H,2-26,36H2,1H3,(H2,43,44,45)/t28?,30-,31-,32+,33+,34+/m1/s1. The number of nitrogens with two attached hydrogens (primary N) is 1. The summed E-state index contributed by atoms with van der Waals surface area (Å²) in [6.07, 6.45) is -1.27. The van der Waals surface area contributed by atoms with Crippen LogP contribution in [-0.4, -0.2) is 195 Å². The second-order valence-electron chi connectivity index (χ2n) is 14.0. The van der Waals surface area contributed by atoms with Gasteiger partial charge in [-0.15, -0.1) is 5.10 Å².